The third kappa shape index (κ3) is 3.06. The number of esters is 2. The number of rotatable bonds is 4. The summed E-state index contributed by atoms with van der Waals surface area (Å²) in [5.41, 5.74) is -0.0598. The van der Waals surface area contributed by atoms with Crippen LogP contribution in [0.4, 0.5) is 4.39 Å². The Hall–Kier alpha value is -3.88. The minimum atomic E-state index is -0.861. The second-order valence-electron chi connectivity index (χ2n) is 5.99. The molecule has 0 fully saturated rings. The molecule has 0 unspecified atom stereocenters. The van der Waals surface area contributed by atoms with E-state index < -0.39 is 17.8 Å². The van der Waals surface area contributed by atoms with Crippen LogP contribution in [-0.4, -0.2) is 42.7 Å². The molecule has 1 aliphatic heterocycles. The Kier molecular flexibility index (Phi) is 4.63. The fourth-order valence-electron chi connectivity index (χ4n) is 3.04. The van der Waals surface area contributed by atoms with Gasteiger partial charge in [0.2, 0.25) is 6.79 Å². The van der Waals surface area contributed by atoms with Gasteiger partial charge in [0.15, 0.2) is 17.2 Å². The van der Waals surface area contributed by atoms with Gasteiger partial charge in [-0.15, -0.1) is 0 Å². The highest BCUT2D eigenvalue weighted by molar-refractivity contribution is 6.07. The molecule has 8 nitrogen and oxygen atoms in total. The van der Waals surface area contributed by atoms with E-state index in [4.69, 9.17) is 18.9 Å². The second kappa shape index (κ2) is 7.27. The number of nitrogens with zero attached hydrogens (tertiary/aromatic N) is 2. The average molecular weight is 398 g/mol. The van der Waals surface area contributed by atoms with E-state index in [2.05, 4.69) is 5.10 Å². The van der Waals surface area contributed by atoms with Gasteiger partial charge in [0.25, 0.3) is 0 Å². The Morgan fingerprint density at radius 1 is 1.03 bits per heavy atom. The molecule has 29 heavy (non-hydrogen) atoms. The fourth-order valence-corrected chi connectivity index (χ4v) is 3.04. The monoisotopic (exact) mass is 398 g/mol. The lowest BCUT2D eigenvalue weighted by atomic mass is 10.0. The van der Waals surface area contributed by atoms with Crippen molar-refractivity contribution in [1.82, 2.24) is 9.78 Å². The summed E-state index contributed by atoms with van der Waals surface area (Å²) in [6, 6.07) is 11.1. The molecule has 0 aliphatic carbocycles. The van der Waals surface area contributed by atoms with E-state index in [1.165, 1.54) is 17.9 Å². The average Bonchev–Trinajstić information content (AvgIpc) is 3.36. The number of hydrogen-bond acceptors (Lipinski definition) is 7. The lowest BCUT2D eigenvalue weighted by Crippen LogP contribution is -2.15. The molecule has 1 aromatic heterocycles. The highest BCUT2D eigenvalue weighted by Gasteiger charge is 2.33. The first-order valence-electron chi connectivity index (χ1n) is 8.49. The second-order valence-corrected chi connectivity index (χ2v) is 5.99. The van der Waals surface area contributed by atoms with Gasteiger partial charge in [0.05, 0.1) is 19.9 Å². The van der Waals surface area contributed by atoms with Crippen molar-refractivity contribution in [3.8, 4) is 28.4 Å². The van der Waals surface area contributed by atoms with Crippen LogP contribution >= 0.6 is 0 Å². The number of ether oxygens (including phenoxy) is 4. The summed E-state index contributed by atoms with van der Waals surface area (Å²) in [7, 11) is 2.33. The van der Waals surface area contributed by atoms with Crippen molar-refractivity contribution in [2.24, 2.45) is 0 Å². The van der Waals surface area contributed by atoms with Crippen LogP contribution in [-0.2, 0) is 9.47 Å². The normalized spacial score (nSPS) is 12.0. The molecule has 2 aromatic carbocycles. The number of carbonyl (C=O) groups is 2. The Labute approximate surface area is 164 Å². The summed E-state index contributed by atoms with van der Waals surface area (Å²) in [6.45, 7) is -0.0477. The lowest BCUT2D eigenvalue weighted by Gasteiger charge is -2.07. The summed E-state index contributed by atoms with van der Waals surface area (Å²) >= 11 is 0. The number of carbonyl (C=O) groups excluding carboxylic acids is 2. The van der Waals surface area contributed by atoms with Gasteiger partial charge in [-0.25, -0.2) is 18.7 Å². The van der Waals surface area contributed by atoms with Gasteiger partial charge < -0.3 is 18.9 Å². The largest absolute Gasteiger partial charge is 0.465 e. The highest BCUT2D eigenvalue weighted by Crippen LogP contribution is 2.39. The topological polar surface area (TPSA) is 88.9 Å². The molecule has 0 radical (unpaired) electrons. The molecule has 9 heteroatoms. The zero-order valence-electron chi connectivity index (χ0n) is 15.5. The number of halogens is 1. The van der Waals surface area contributed by atoms with E-state index in [0.29, 0.717) is 11.4 Å². The molecule has 0 amide bonds. The first-order chi connectivity index (χ1) is 14.0. The van der Waals surface area contributed by atoms with Crippen molar-refractivity contribution < 1.29 is 32.9 Å². The van der Waals surface area contributed by atoms with Crippen LogP contribution in [0.25, 0.3) is 16.9 Å². The van der Waals surface area contributed by atoms with Crippen LogP contribution in [0.15, 0.2) is 42.5 Å². The van der Waals surface area contributed by atoms with E-state index >= 15 is 0 Å². The number of hydrogen-bond donors (Lipinski definition) is 0. The summed E-state index contributed by atoms with van der Waals surface area (Å²) in [5, 5.41) is 4.35. The molecule has 2 heterocycles. The van der Waals surface area contributed by atoms with Gasteiger partial charge in [-0.1, -0.05) is 18.2 Å². The van der Waals surface area contributed by atoms with Crippen LogP contribution in [0.5, 0.6) is 11.5 Å². The minimum Gasteiger partial charge on any atom is -0.465 e. The van der Waals surface area contributed by atoms with Crippen molar-refractivity contribution in [3.63, 3.8) is 0 Å². The molecule has 0 saturated carbocycles. The van der Waals surface area contributed by atoms with Crippen LogP contribution in [0.2, 0.25) is 0 Å². The molecular weight excluding hydrogens is 383 g/mol. The molecule has 148 valence electrons. The van der Waals surface area contributed by atoms with Crippen LogP contribution in [0, 0.1) is 5.82 Å². The molecule has 3 aromatic rings. The molecule has 0 atom stereocenters. The van der Waals surface area contributed by atoms with E-state index in [-0.39, 0.29) is 35.1 Å². The number of methoxy groups -OCH3 is 2. The highest BCUT2D eigenvalue weighted by atomic mass is 19.1. The quantitative estimate of drug-likeness (QED) is 0.624. The first-order valence-corrected chi connectivity index (χ1v) is 8.49. The van der Waals surface area contributed by atoms with Crippen LogP contribution < -0.4 is 9.47 Å². The maximum atomic E-state index is 14.9. The summed E-state index contributed by atoms with van der Waals surface area (Å²) in [5.74, 6) is -1.85. The van der Waals surface area contributed by atoms with Crippen LogP contribution in [0.1, 0.15) is 20.8 Å². The first kappa shape index (κ1) is 18.5. The smallest absolute Gasteiger partial charge is 0.357 e. The molecule has 0 bridgehead atoms. The third-order valence-electron chi connectivity index (χ3n) is 4.37. The maximum Gasteiger partial charge on any atom is 0.357 e. The Morgan fingerprint density at radius 2 is 1.69 bits per heavy atom. The lowest BCUT2D eigenvalue weighted by molar-refractivity contribution is 0.0549. The Balaban J connectivity index is 2.03. The zero-order chi connectivity index (χ0) is 20.5. The van der Waals surface area contributed by atoms with Crippen molar-refractivity contribution >= 4 is 11.9 Å². The number of fused-ring (bicyclic) bond motifs is 1. The van der Waals surface area contributed by atoms with Gasteiger partial charge in [-0.05, 0) is 18.2 Å². The minimum absolute atomic E-state index is 0.0468. The van der Waals surface area contributed by atoms with Crippen molar-refractivity contribution in [2.45, 2.75) is 0 Å². The molecule has 0 spiro atoms. The van der Waals surface area contributed by atoms with Crippen molar-refractivity contribution in [1.29, 1.82) is 0 Å². The fraction of sp³-hybridized carbons (Fsp3) is 0.150. The predicted molar refractivity (Wildman–Crippen MR) is 97.8 cm³/mol. The Bertz CT molecular complexity index is 1110. The molecule has 4 rings (SSSR count). The molecule has 0 saturated heterocycles. The number of aromatic nitrogens is 2. The molecule has 1 aliphatic rings. The van der Waals surface area contributed by atoms with Crippen molar-refractivity contribution in [3.05, 3.63) is 59.5 Å². The zero-order valence-corrected chi connectivity index (χ0v) is 15.5. The van der Waals surface area contributed by atoms with Gasteiger partial charge in [0.1, 0.15) is 17.1 Å². The summed E-state index contributed by atoms with van der Waals surface area (Å²) in [4.78, 5) is 25.1. The van der Waals surface area contributed by atoms with Gasteiger partial charge in [-0.2, -0.15) is 5.10 Å². The van der Waals surface area contributed by atoms with Gasteiger partial charge in [0, 0.05) is 11.6 Å². The third-order valence-corrected chi connectivity index (χ3v) is 4.37. The molecule has 0 N–H and O–H groups in total. The maximum absolute atomic E-state index is 14.9. The SMILES string of the molecule is COC(=O)c1c(-c2cc3c(cc2F)OCO3)nn(-c2ccccc2)c1C(=O)OC. The standard InChI is InChI=1S/C20H15FN2O6/c1-26-19(24)16-17(12-8-14-15(9-13(12)21)29-10-28-14)22-23(18(16)20(25)27-2)11-6-4-3-5-7-11/h3-9H,10H2,1-2H3. The van der Waals surface area contributed by atoms with Gasteiger partial charge >= 0.3 is 11.9 Å². The van der Waals surface area contributed by atoms with E-state index in [0.717, 1.165) is 13.2 Å². The van der Waals surface area contributed by atoms with E-state index in [1.54, 1.807) is 30.3 Å². The van der Waals surface area contributed by atoms with E-state index in [1.807, 2.05) is 0 Å². The summed E-state index contributed by atoms with van der Waals surface area (Å²) < 4.78 is 36.2. The summed E-state index contributed by atoms with van der Waals surface area (Å²) in [6.07, 6.45) is 0. The number of benzene rings is 2. The van der Waals surface area contributed by atoms with E-state index in [9.17, 15) is 14.0 Å². The van der Waals surface area contributed by atoms with Crippen molar-refractivity contribution in [2.75, 3.05) is 21.0 Å². The van der Waals surface area contributed by atoms with Crippen LogP contribution in [0.3, 0.4) is 0 Å². The Morgan fingerprint density at radius 3 is 2.34 bits per heavy atom. The van der Waals surface area contributed by atoms with Gasteiger partial charge in [-0.3, -0.25) is 0 Å². The number of para-hydroxylation sites is 1. The molecular formula is C20H15FN2O6. The predicted octanol–water partition coefficient (Wildman–Crippen LogP) is 2.98.